The van der Waals surface area contributed by atoms with Gasteiger partial charge in [0.05, 0.1) is 6.61 Å². The minimum Gasteiger partial charge on any atom is -0.381 e. The molecule has 0 aromatic heterocycles. The molecule has 1 aliphatic heterocycles. The summed E-state index contributed by atoms with van der Waals surface area (Å²) >= 11 is 0. The molecule has 2 atom stereocenters. The summed E-state index contributed by atoms with van der Waals surface area (Å²) < 4.78 is 5.53. The molecule has 0 spiro atoms. The fraction of sp³-hybridized carbons (Fsp3) is 1.00. The van der Waals surface area contributed by atoms with Crippen LogP contribution in [0.1, 0.15) is 39.5 Å². The SMILES string of the molecule is CNC1CCOCC1CCCC(C)C. The van der Waals surface area contributed by atoms with E-state index < -0.39 is 0 Å². The van der Waals surface area contributed by atoms with E-state index in [9.17, 15) is 0 Å². The minimum atomic E-state index is 0.691. The second-order valence-electron chi connectivity index (χ2n) is 4.84. The first-order valence-corrected chi connectivity index (χ1v) is 5.99. The Kier molecular flexibility index (Phi) is 5.49. The fourth-order valence-electron chi connectivity index (χ4n) is 2.25. The Morgan fingerprint density at radius 3 is 2.86 bits per heavy atom. The molecule has 0 aromatic carbocycles. The van der Waals surface area contributed by atoms with Gasteiger partial charge in [0, 0.05) is 12.6 Å². The number of rotatable bonds is 5. The Bertz CT molecular complexity index is 147. The van der Waals surface area contributed by atoms with E-state index in [1.807, 2.05) is 0 Å². The average molecular weight is 199 g/mol. The average Bonchev–Trinajstić information content (AvgIpc) is 2.18. The van der Waals surface area contributed by atoms with Gasteiger partial charge in [-0.3, -0.25) is 0 Å². The van der Waals surface area contributed by atoms with E-state index in [1.54, 1.807) is 0 Å². The van der Waals surface area contributed by atoms with Crippen LogP contribution in [-0.4, -0.2) is 26.3 Å². The van der Waals surface area contributed by atoms with Crippen LogP contribution in [-0.2, 0) is 4.74 Å². The standard InChI is InChI=1S/C12H25NO/c1-10(2)5-4-6-11-9-14-8-7-12(11)13-3/h10-13H,4-9H2,1-3H3. The molecule has 0 bridgehead atoms. The highest BCUT2D eigenvalue weighted by molar-refractivity contribution is 4.78. The van der Waals surface area contributed by atoms with Crippen LogP contribution in [0.15, 0.2) is 0 Å². The third kappa shape index (κ3) is 3.97. The zero-order valence-corrected chi connectivity index (χ0v) is 9.88. The molecule has 1 rings (SSSR count). The minimum absolute atomic E-state index is 0.691. The monoisotopic (exact) mass is 199 g/mol. The number of ether oxygens (including phenoxy) is 1. The van der Waals surface area contributed by atoms with Gasteiger partial charge < -0.3 is 10.1 Å². The summed E-state index contributed by atoms with van der Waals surface area (Å²) in [6.45, 7) is 6.50. The third-order valence-electron chi connectivity index (χ3n) is 3.20. The lowest BCUT2D eigenvalue weighted by Crippen LogP contribution is -2.40. The van der Waals surface area contributed by atoms with Crippen LogP contribution in [0.25, 0.3) is 0 Å². The summed E-state index contributed by atoms with van der Waals surface area (Å²) in [6.07, 6.45) is 5.21. The van der Waals surface area contributed by atoms with E-state index in [-0.39, 0.29) is 0 Å². The van der Waals surface area contributed by atoms with Gasteiger partial charge in [0.1, 0.15) is 0 Å². The maximum absolute atomic E-state index is 5.53. The number of hydrogen-bond acceptors (Lipinski definition) is 2. The van der Waals surface area contributed by atoms with E-state index >= 15 is 0 Å². The molecule has 1 heterocycles. The molecule has 1 aliphatic rings. The lowest BCUT2D eigenvalue weighted by molar-refractivity contribution is 0.0295. The maximum atomic E-state index is 5.53. The maximum Gasteiger partial charge on any atom is 0.0509 e. The second-order valence-corrected chi connectivity index (χ2v) is 4.84. The highest BCUT2D eigenvalue weighted by Crippen LogP contribution is 2.21. The molecular formula is C12H25NO. The zero-order valence-electron chi connectivity index (χ0n) is 9.88. The molecule has 0 radical (unpaired) electrons. The topological polar surface area (TPSA) is 21.3 Å². The van der Waals surface area contributed by atoms with Crippen LogP contribution in [0.2, 0.25) is 0 Å². The second kappa shape index (κ2) is 6.41. The molecule has 0 saturated carbocycles. The van der Waals surface area contributed by atoms with Gasteiger partial charge in [0.2, 0.25) is 0 Å². The van der Waals surface area contributed by atoms with Crippen molar-refractivity contribution < 1.29 is 4.74 Å². The van der Waals surface area contributed by atoms with Gasteiger partial charge >= 0.3 is 0 Å². The Morgan fingerprint density at radius 2 is 2.21 bits per heavy atom. The molecule has 2 heteroatoms. The van der Waals surface area contributed by atoms with Crippen molar-refractivity contribution in [2.75, 3.05) is 20.3 Å². The lowest BCUT2D eigenvalue weighted by atomic mass is 9.90. The third-order valence-corrected chi connectivity index (χ3v) is 3.20. The molecule has 2 unspecified atom stereocenters. The molecular weight excluding hydrogens is 174 g/mol. The quantitative estimate of drug-likeness (QED) is 0.734. The molecule has 0 amide bonds. The number of nitrogens with one attached hydrogen (secondary N) is 1. The summed E-state index contributed by atoms with van der Waals surface area (Å²) in [4.78, 5) is 0. The van der Waals surface area contributed by atoms with Gasteiger partial charge in [-0.1, -0.05) is 26.7 Å². The van der Waals surface area contributed by atoms with Crippen molar-refractivity contribution in [3.8, 4) is 0 Å². The predicted octanol–water partition coefficient (Wildman–Crippen LogP) is 2.44. The summed E-state index contributed by atoms with van der Waals surface area (Å²) in [5, 5.41) is 3.41. The molecule has 1 saturated heterocycles. The van der Waals surface area contributed by atoms with Gasteiger partial charge in [-0.2, -0.15) is 0 Å². The van der Waals surface area contributed by atoms with Gasteiger partial charge in [0.15, 0.2) is 0 Å². The molecule has 1 N–H and O–H groups in total. The largest absolute Gasteiger partial charge is 0.381 e. The zero-order chi connectivity index (χ0) is 10.4. The van der Waals surface area contributed by atoms with E-state index in [4.69, 9.17) is 4.74 Å². The van der Waals surface area contributed by atoms with Crippen molar-refractivity contribution in [2.24, 2.45) is 11.8 Å². The van der Waals surface area contributed by atoms with Crippen LogP contribution in [0.3, 0.4) is 0 Å². The Hall–Kier alpha value is -0.0800. The molecule has 1 fully saturated rings. The normalized spacial score (nSPS) is 28.3. The van der Waals surface area contributed by atoms with Crippen LogP contribution < -0.4 is 5.32 Å². The predicted molar refractivity (Wildman–Crippen MR) is 60.5 cm³/mol. The first-order chi connectivity index (χ1) is 6.74. The Balaban J connectivity index is 2.19. The first-order valence-electron chi connectivity index (χ1n) is 5.99. The van der Waals surface area contributed by atoms with Crippen LogP contribution in [0, 0.1) is 11.8 Å². The molecule has 2 nitrogen and oxygen atoms in total. The summed E-state index contributed by atoms with van der Waals surface area (Å²) in [5.74, 6) is 1.58. The van der Waals surface area contributed by atoms with Crippen molar-refractivity contribution in [1.82, 2.24) is 5.32 Å². The van der Waals surface area contributed by atoms with Crippen LogP contribution in [0.4, 0.5) is 0 Å². The van der Waals surface area contributed by atoms with Gasteiger partial charge in [0.25, 0.3) is 0 Å². The van der Waals surface area contributed by atoms with Gasteiger partial charge in [-0.25, -0.2) is 0 Å². The highest BCUT2D eigenvalue weighted by Gasteiger charge is 2.23. The first kappa shape index (κ1) is 12.0. The van der Waals surface area contributed by atoms with Crippen LogP contribution >= 0.6 is 0 Å². The van der Waals surface area contributed by atoms with Crippen molar-refractivity contribution >= 4 is 0 Å². The molecule has 84 valence electrons. The smallest absolute Gasteiger partial charge is 0.0509 e. The number of hydrogen-bond donors (Lipinski definition) is 1. The Morgan fingerprint density at radius 1 is 1.43 bits per heavy atom. The summed E-state index contributed by atoms with van der Waals surface area (Å²) in [5.41, 5.74) is 0. The fourth-order valence-corrected chi connectivity index (χ4v) is 2.25. The lowest BCUT2D eigenvalue weighted by Gasteiger charge is -2.31. The summed E-state index contributed by atoms with van der Waals surface area (Å²) in [7, 11) is 2.07. The van der Waals surface area contributed by atoms with Crippen molar-refractivity contribution in [3.05, 3.63) is 0 Å². The Labute approximate surface area is 88.4 Å². The molecule has 0 aromatic rings. The van der Waals surface area contributed by atoms with Crippen LogP contribution in [0.5, 0.6) is 0 Å². The van der Waals surface area contributed by atoms with Crippen molar-refractivity contribution in [1.29, 1.82) is 0 Å². The van der Waals surface area contributed by atoms with E-state index in [1.165, 1.54) is 25.7 Å². The summed E-state index contributed by atoms with van der Waals surface area (Å²) in [6, 6.07) is 0.691. The van der Waals surface area contributed by atoms with Crippen molar-refractivity contribution in [2.45, 2.75) is 45.6 Å². The van der Waals surface area contributed by atoms with E-state index in [2.05, 4.69) is 26.2 Å². The van der Waals surface area contributed by atoms with Gasteiger partial charge in [-0.05, 0) is 31.7 Å². The van der Waals surface area contributed by atoms with E-state index in [0.29, 0.717) is 6.04 Å². The highest BCUT2D eigenvalue weighted by atomic mass is 16.5. The molecule has 14 heavy (non-hydrogen) atoms. The van der Waals surface area contributed by atoms with Gasteiger partial charge in [-0.15, -0.1) is 0 Å². The van der Waals surface area contributed by atoms with E-state index in [0.717, 1.165) is 25.0 Å². The molecule has 0 aliphatic carbocycles. The van der Waals surface area contributed by atoms with Crippen molar-refractivity contribution in [3.63, 3.8) is 0 Å².